The maximum Gasteiger partial charge on any atom is 0.407 e. The van der Waals surface area contributed by atoms with E-state index >= 15 is 0 Å². The summed E-state index contributed by atoms with van der Waals surface area (Å²) in [5.41, 5.74) is 4.20. The summed E-state index contributed by atoms with van der Waals surface area (Å²) in [6.45, 7) is 1.46. The molecular weight excluding hydrogens is 458 g/mol. The fourth-order valence-corrected chi connectivity index (χ4v) is 4.77. The van der Waals surface area contributed by atoms with E-state index in [0.717, 1.165) is 22.3 Å². The van der Waals surface area contributed by atoms with Gasteiger partial charge in [0.25, 0.3) is 5.92 Å². The number of hydrogen-bond acceptors (Lipinski definition) is 4. The van der Waals surface area contributed by atoms with Gasteiger partial charge in [0, 0.05) is 12.5 Å². The van der Waals surface area contributed by atoms with Gasteiger partial charge in [0.15, 0.2) is 0 Å². The summed E-state index contributed by atoms with van der Waals surface area (Å²) in [7, 11) is 0. The van der Waals surface area contributed by atoms with E-state index in [0.29, 0.717) is 12.8 Å². The Hall–Kier alpha value is -3.49. The molecule has 0 bridgehead atoms. The second kappa shape index (κ2) is 10.0. The highest BCUT2D eigenvalue weighted by Gasteiger charge is 2.71. The van der Waals surface area contributed by atoms with Gasteiger partial charge in [-0.2, -0.15) is 0 Å². The second-order valence-electron chi connectivity index (χ2n) is 9.01. The van der Waals surface area contributed by atoms with Gasteiger partial charge in [-0.3, -0.25) is 4.79 Å². The zero-order valence-corrected chi connectivity index (χ0v) is 19.3. The SMILES string of the molecule is CCCCC(NC(=O)[C@@H]1[C@H](CNC(=O)OCC2c3ccccc3-c3ccccc32)C1(F)F)C(=O)O. The molecule has 35 heavy (non-hydrogen) atoms. The summed E-state index contributed by atoms with van der Waals surface area (Å²) in [6.07, 6.45) is 0.579. The Morgan fingerprint density at radius 2 is 1.66 bits per heavy atom. The van der Waals surface area contributed by atoms with Crippen molar-refractivity contribution in [3.63, 3.8) is 0 Å². The van der Waals surface area contributed by atoms with E-state index in [4.69, 9.17) is 4.74 Å². The fraction of sp³-hybridized carbons (Fsp3) is 0.423. The van der Waals surface area contributed by atoms with Crippen molar-refractivity contribution >= 4 is 18.0 Å². The first kappa shape index (κ1) is 24.6. The van der Waals surface area contributed by atoms with Crippen LogP contribution in [0.4, 0.5) is 13.6 Å². The largest absolute Gasteiger partial charge is 0.480 e. The number of carbonyl (C=O) groups excluding carboxylic acids is 2. The molecule has 0 radical (unpaired) electrons. The van der Waals surface area contributed by atoms with Crippen LogP contribution in [-0.4, -0.2) is 48.2 Å². The molecule has 0 aliphatic heterocycles. The molecule has 0 aromatic heterocycles. The highest BCUT2D eigenvalue weighted by atomic mass is 19.3. The summed E-state index contributed by atoms with van der Waals surface area (Å²) >= 11 is 0. The Morgan fingerprint density at radius 3 is 2.23 bits per heavy atom. The number of benzene rings is 2. The van der Waals surface area contributed by atoms with Crippen molar-refractivity contribution in [2.75, 3.05) is 13.2 Å². The van der Waals surface area contributed by atoms with Crippen LogP contribution in [0.25, 0.3) is 11.1 Å². The maximum absolute atomic E-state index is 14.2. The fourth-order valence-electron chi connectivity index (χ4n) is 4.77. The number of alkyl carbamates (subject to hydrolysis) is 1. The van der Waals surface area contributed by atoms with E-state index in [9.17, 15) is 28.3 Å². The number of halogens is 2. The Labute approximate surface area is 201 Å². The highest BCUT2D eigenvalue weighted by molar-refractivity contribution is 5.88. The Kier molecular flexibility index (Phi) is 7.05. The molecule has 2 amide bonds. The van der Waals surface area contributed by atoms with Crippen molar-refractivity contribution in [2.45, 2.75) is 44.1 Å². The average molecular weight is 487 g/mol. The average Bonchev–Trinajstić information content (AvgIpc) is 3.25. The van der Waals surface area contributed by atoms with E-state index in [2.05, 4.69) is 10.6 Å². The molecule has 2 aromatic rings. The van der Waals surface area contributed by atoms with Crippen LogP contribution in [0.1, 0.15) is 43.2 Å². The second-order valence-corrected chi connectivity index (χ2v) is 9.01. The summed E-state index contributed by atoms with van der Waals surface area (Å²) in [5, 5.41) is 13.8. The first-order valence-corrected chi connectivity index (χ1v) is 11.8. The molecule has 0 heterocycles. The van der Waals surface area contributed by atoms with Crippen LogP contribution in [0.5, 0.6) is 0 Å². The Balaban J connectivity index is 1.30. The van der Waals surface area contributed by atoms with Crippen LogP contribution in [0.15, 0.2) is 48.5 Å². The maximum atomic E-state index is 14.2. The lowest BCUT2D eigenvalue weighted by Crippen LogP contribution is -2.42. The van der Waals surface area contributed by atoms with Crippen LogP contribution in [0, 0.1) is 11.8 Å². The Bertz CT molecular complexity index is 1080. The smallest absolute Gasteiger partial charge is 0.407 e. The molecule has 0 saturated heterocycles. The molecule has 1 fully saturated rings. The number of amides is 2. The molecule has 3 atom stereocenters. The predicted molar refractivity (Wildman–Crippen MR) is 124 cm³/mol. The first-order chi connectivity index (χ1) is 16.8. The number of unbranched alkanes of at least 4 members (excludes halogenated alkanes) is 1. The van der Waals surface area contributed by atoms with Crippen molar-refractivity contribution in [2.24, 2.45) is 11.8 Å². The third-order valence-corrected chi connectivity index (χ3v) is 6.76. The monoisotopic (exact) mass is 486 g/mol. The number of fused-ring (bicyclic) bond motifs is 3. The van der Waals surface area contributed by atoms with Crippen molar-refractivity contribution in [3.05, 3.63) is 59.7 Å². The third kappa shape index (κ3) is 4.99. The topological polar surface area (TPSA) is 105 Å². The van der Waals surface area contributed by atoms with Crippen LogP contribution in [-0.2, 0) is 14.3 Å². The standard InChI is InChI=1S/C26H28F2N2O5/c1-2-3-12-21(24(32)33)30-23(31)22-20(26(22,27)28)13-29-25(34)35-14-19-17-10-6-4-8-15(17)16-9-5-7-11-18(16)19/h4-11,19-22H,2-3,12-14H2,1H3,(H,29,34)(H,30,31)(H,32,33)/t20-,21?,22-/m0/s1. The zero-order chi connectivity index (χ0) is 25.2. The van der Waals surface area contributed by atoms with Gasteiger partial charge >= 0.3 is 12.1 Å². The van der Waals surface area contributed by atoms with Gasteiger partial charge in [0.1, 0.15) is 18.6 Å². The lowest BCUT2D eigenvalue weighted by molar-refractivity contribution is -0.142. The summed E-state index contributed by atoms with van der Waals surface area (Å²) in [4.78, 5) is 35.9. The zero-order valence-electron chi connectivity index (χ0n) is 19.3. The Morgan fingerprint density at radius 1 is 1.06 bits per heavy atom. The van der Waals surface area contributed by atoms with Crippen LogP contribution in [0.2, 0.25) is 0 Å². The molecule has 2 aliphatic rings. The lowest BCUT2D eigenvalue weighted by atomic mass is 9.98. The van der Waals surface area contributed by atoms with Crippen molar-refractivity contribution < 1.29 is 33.0 Å². The minimum absolute atomic E-state index is 0.0442. The molecule has 4 rings (SSSR count). The van der Waals surface area contributed by atoms with Crippen LogP contribution in [0.3, 0.4) is 0 Å². The molecule has 2 aromatic carbocycles. The number of carboxylic acids is 1. The predicted octanol–water partition coefficient (Wildman–Crippen LogP) is 4.17. The van der Waals surface area contributed by atoms with Gasteiger partial charge in [0.05, 0.1) is 5.92 Å². The molecule has 1 saturated carbocycles. The van der Waals surface area contributed by atoms with Gasteiger partial charge in [0.2, 0.25) is 5.91 Å². The number of nitrogens with one attached hydrogen (secondary N) is 2. The van der Waals surface area contributed by atoms with Gasteiger partial charge in [-0.15, -0.1) is 0 Å². The van der Waals surface area contributed by atoms with Crippen LogP contribution < -0.4 is 10.6 Å². The number of carboxylic acid groups (broad SMARTS) is 1. The summed E-state index contributed by atoms with van der Waals surface area (Å²) in [5.74, 6) is -8.86. The molecule has 2 aliphatic carbocycles. The molecule has 9 heteroatoms. The number of alkyl halides is 2. The van der Waals surface area contributed by atoms with Crippen molar-refractivity contribution in [1.82, 2.24) is 10.6 Å². The number of aliphatic carboxylic acids is 1. The minimum atomic E-state index is -3.32. The van der Waals surface area contributed by atoms with Gasteiger partial charge < -0.3 is 20.5 Å². The summed E-state index contributed by atoms with van der Waals surface area (Å²) < 4.78 is 33.8. The lowest BCUT2D eigenvalue weighted by Gasteiger charge is -2.15. The first-order valence-electron chi connectivity index (χ1n) is 11.8. The minimum Gasteiger partial charge on any atom is -0.480 e. The molecule has 1 unspecified atom stereocenters. The van der Waals surface area contributed by atoms with Crippen molar-refractivity contribution in [3.8, 4) is 11.1 Å². The highest BCUT2D eigenvalue weighted by Crippen LogP contribution is 2.55. The molecule has 186 valence electrons. The van der Waals surface area contributed by atoms with E-state index in [1.54, 1.807) is 0 Å². The van der Waals surface area contributed by atoms with E-state index < -0.39 is 48.3 Å². The van der Waals surface area contributed by atoms with E-state index in [-0.39, 0.29) is 18.9 Å². The van der Waals surface area contributed by atoms with E-state index in [1.807, 2.05) is 55.5 Å². The quantitative estimate of drug-likeness (QED) is 0.468. The van der Waals surface area contributed by atoms with Gasteiger partial charge in [-0.25, -0.2) is 18.4 Å². The van der Waals surface area contributed by atoms with Gasteiger partial charge in [-0.1, -0.05) is 68.3 Å². The molecule has 0 spiro atoms. The van der Waals surface area contributed by atoms with Crippen LogP contribution >= 0.6 is 0 Å². The molecule has 3 N–H and O–H groups in total. The third-order valence-electron chi connectivity index (χ3n) is 6.76. The number of carbonyl (C=O) groups is 3. The van der Waals surface area contributed by atoms with Crippen molar-refractivity contribution in [1.29, 1.82) is 0 Å². The number of rotatable bonds is 10. The summed E-state index contributed by atoms with van der Waals surface area (Å²) in [6, 6.07) is 14.4. The van der Waals surface area contributed by atoms with Gasteiger partial charge in [-0.05, 0) is 28.7 Å². The normalized spacial score (nSPS) is 20.3. The number of ether oxygens (including phenoxy) is 1. The molecular formula is C26H28F2N2O5. The molecule has 7 nitrogen and oxygen atoms in total. The number of hydrogen-bond donors (Lipinski definition) is 3. The van der Waals surface area contributed by atoms with E-state index in [1.165, 1.54) is 0 Å².